The van der Waals surface area contributed by atoms with Crippen LogP contribution < -0.4 is 0 Å². The maximum absolute atomic E-state index is 12.3. The highest BCUT2D eigenvalue weighted by atomic mass is 16.2. The third kappa shape index (κ3) is 2.99. The zero-order valence-corrected chi connectivity index (χ0v) is 13.6. The fraction of sp³-hybridized carbons (Fsp3) is 0.529. The summed E-state index contributed by atoms with van der Waals surface area (Å²) < 4.78 is 2.13. The standard InChI is InChI=1S/C17H24N4O/c1-17(2,3)16(22)20-10-8-19(9-11-20)13-14-12-18-15-6-4-5-7-21(14)15/h4-7,12H,8-11,13H2,1-3H3. The Kier molecular flexibility index (Phi) is 3.91. The lowest BCUT2D eigenvalue weighted by Crippen LogP contribution is -2.51. The Balaban J connectivity index is 1.62. The quantitative estimate of drug-likeness (QED) is 0.852. The van der Waals surface area contributed by atoms with Gasteiger partial charge in [0.1, 0.15) is 5.65 Å². The molecule has 0 atom stereocenters. The van der Waals surface area contributed by atoms with Crippen LogP contribution in [0.5, 0.6) is 0 Å². The lowest BCUT2D eigenvalue weighted by atomic mass is 9.94. The van der Waals surface area contributed by atoms with Gasteiger partial charge in [0.05, 0.1) is 11.9 Å². The average Bonchev–Trinajstić information content (AvgIpc) is 2.90. The molecule has 2 aromatic rings. The van der Waals surface area contributed by atoms with Crippen LogP contribution in [0.15, 0.2) is 30.6 Å². The number of amides is 1. The van der Waals surface area contributed by atoms with E-state index < -0.39 is 0 Å². The van der Waals surface area contributed by atoms with Crippen molar-refractivity contribution in [3.05, 3.63) is 36.3 Å². The molecule has 5 heteroatoms. The van der Waals surface area contributed by atoms with E-state index in [1.165, 1.54) is 5.69 Å². The van der Waals surface area contributed by atoms with Crippen molar-refractivity contribution in [1.29, 1.82) is 0 Å². The van der Waals surface area contributed by atoms with E-state index in [-0.39, 0.29) is 11.3 Å². The molecule has 1 amide bonds. The van der Waals surface area contributed by atoms with Crippen LogP contribution in [-0.4, -0.2) is 51.3 Å². The van der Waals surface area contributed by atoms with Gasteiger partial charge in [-0.15, -0.1) is 0 Å². The molecule has 118 valence electrons. The van der Waals surface area contributed by atoms with Crippen LogP contribution in [0.2, 0.25) is 0 Å². The summed E-state index contributed by atoms with van der Waals surface area (Å²) in [6.45, 7) is 10.3. The lowest BCUT2D eigenvalue weighted by Gasteiger charge is -2.37. The second-order valence-corrected chi connectivity index (χ2v) is 7.00. The fourth-order valence-electron chi connectivity index (χ4n) is 2.91. The summed E-state index contributed by atoms with van der Waals surface area (Å²) in [4.78, 5) is 21.1. The van der Waals surface area contributed by atoms with Crippen LogP contribution >= 0.6 is 0 Å². The van der Waals surface area contributed by atoms with Crippen molar-refractivity contribution >= 4 is 11.6 Å². The van der Waals surface area contributed by atoms with Crippen LogP contribution in [0, 0.1) is 5.41 Å². The van der Waals surface area contributed by atoms with Gasteiger partial charge in [0.2, 0.25) is 5.91 Å². The number of aromatic nitrogens is 2. The zero-order valence-electron chi connectivity index (χ0n) is 13.6. The molecule has 2 aromatic heterocycles. The number of rotatable bonds is 2. The van der Waals surface area contributed by atoms with Crippen molar-refractivity contribution in [3.8, 4) is 0 Å². The first-order valence-electron chi connectivity index (χ1n) is 7.88. The molecule has 0 radical (unpaired) electrons. The van der Waals surface area contributed by atoms with Crippen molar-refractivity contribution in [2.45, 2.75) is 27.3 Å². The molecule has 0 N–H and O–H groups in total. The second kappa shape index (κ2) is 5.72. The van der Waals surface area contributed by atoms with E-state index in [4.69, 9.17) is 0 Å². The maximum Gasteiger partial charge on any atom is 0.228 e. The number of piperazine rings is 1. The third-order valence-corrected chi connectivity index (χ3v) is 4.18. The monoisotopic (exact) mass is 300 g/mol. The molecular weight excluding hydrogens is 276 g/mol. The summed E-state index contributed by atoms with van der Waals surface area (Å²) in [7, 11) is 0. The van der Waals surface area contributed by atoms with Crippen molar-refractivity contribution < 1.29 is 4.79 Å². The summed E-state index contributed by atoms with van der Waals surface area (Å²) in [6, 6.07) is 6.05. The van der Waals surface area contributed by atoms with Crippen LogP contribution in [0.3, 0.4) is 0 Å². The SMILES string of the molecule is CC(C)(C)C(=O)N1CCN(Cc2cnc3ccccn23)CC1. The lowest BCUT2D eigenvalue weighted by molar-refractivity contribution is -0.141. The van der Waals surface area contributed by atoms with Gasteiger partial charge in [-0.05, 0) is 12.1 Å². The van der Waals surface area contributed by atoms with Gasteiger partial charge < -0.3 is 9.30 Å². The fourth-order valence-corrected chi connectivity index (χ4v) is 2.91. The zero-order chi connectivity index (χ0) is 15.7. The molecule has 0 aliphatic carbocycles. The first-order chi connectivity index (χ1) is 10.4. The van der Waals surface area contributed by atoms with E-state index in [0.29, 0.717) is 0 Å². The first-order valence-corrected chi connectivity index (χ1v) is 7.88. The van der Waals surface area contributed by atoms with E-state index in [2.05, 4.69) is 20.5 Å². The maximum atomic E-state index is 12.3. The van der Waals surface area contributed by atoms with Gasteiger partial charge in [-0.1, -0.05) is 26.8 Å². The predicted octanol–water partition coefficient (Wildman–Crippen LogP) is 2.02. The molecule has 1 fully saturated rings. The Morgan fingerprint density at radius 1 is 1.18 bits per heavy atom. The highest BCUT2D eigenvalue weighted by molar-refractivity contribution is 5.81. The molecule has 5 nitrogen and oxygen atoms in total. The van der Waals surface area contributed by atoms with E-state index in [9.17, 15) is 4.79 Å². The van der Waals surface area contributed by atoms with Crippen LogP contribution in [0.1, 0.15) is 26.5 Å². The molecule has 3 rings (SSSR count). The van der Waals surface area contributed by atoms with Crippen molar-refractivity contribution in [2.75, 3.05) is 26.2 Å². The molecule has 22 heavy (non-hydrogen) atoms. The largest absolute Gasteiger partial charge is 0.340 e. The molecule has 0 unspecified atom stereocenters. The predicted molar refractivity (Wildman–Crippen MR) is 86.5 cm³/mol. The van der Waals surface area contributed by atoms with E-state index in [1.807, 2.05) is 50.1 Å². The summed E-state index contributed by atoms with van der Waals surface area (Å²) >= 11 is 0. The van der Waals surface area contributed by atoms with Crippen molar-refractivity contribution in [3.63, 3.8) is 0 Å². The summed E-state index contributed by atoms with van der Waals surface area (Å²) in [6.07, 6.45) is 4.00. The van der Waals surface area contributed by atoms with Gasteiger partial charge in [0.15, 0.2) is 0 Å². The van der Waals surface area contributed by atoms with E-state index in [0.717, 1.165) is 38.4 Å². The van der Waals surface area contributed by atoms with Gasteiger partial charge in [-0.2, -0.15) is 0 Å². The first kappa shape index (κ1) is 15.0. The number of imidazole rings is 1. The molecular formula is C17H24N4O. The molecule has 0 aromatic carbocycles. The highest BCUT2D eigenvalue weighted by Gasteiger charge is 2.29. The Morgan fingerprint density at radius 3 is 2.59 bits per heavy atom. The van der Waals surface area contributed by atoms with Crippen LogP contribution in [-0.2, 0) is 11.3 Å². The number of pyridine rings is 1. The van der Waals surface area contributed by atoms with Gasteiger partial charge in [0.25, 0.3) is 0 Å². The molecule has 1 aliphatic rings. The minimum absolute atomic E-state index is 0.252. The molecule has 3 heterocycles. The Labute approximate surface area is 131 Å². The van der Waals surface area contributed by atoms with E-state index >= 15 is 0 Å². The Hall–Kier alpha value is -1.88. The number of carbonyl (C=O) groups excluding carboxylic acids is 1. The van der Waals surface area contributed by atoms with Gasteiger partial charge in [0, 0.05) is 44.3 Å². The number of carbonyl (C=O) groups is 1. The highest BCUT2D eigenvalue weighted by Crippen LogP contribution is 2.19. The number of nitrogens with zero attached hydrogens (tertiary/aromatic N) is 4. The number of hydrogen-bond acceptors (Lipinski definition) is 3. The van der Waals surface area contributed by atoms with Gasteiger partial charge in [-0.25, -0.2) is 4.98 Å². The molecule has 0 spiro atoms. The normalized spacial score (nSPS) is 17.1. The topological polar surface area (TPSA) is 40.9 Å². The van der Waals surface area contributed by atoms with Crippen LogP contribution in [0.4, 0.5) is 0 Å². The molecule has 1 saturated heterocycles. The Morgan fingerprint density at radius 2 is 1.91 bits per heavy atom. The summed E-state index contributed by atoms with van der Waals surface area (Å²) in [5.41, 5.74) is 1.90. The van der Waals surface area contributed by atoms with Gasteiger partial charge >= 0.3 is 0 Å². The third-order valence-electron chi connectivity index (χ3n) is 4.18. The summed E-state index contributed by atoms with van der Waals surface area (Å²) in [5.74, 6) is 0.252. The molecule has 1 aliphatic heterocycles. The molecule has 0 saturated carbocycles. The smallest absolute Gasteiger partial charge is 0.228 e. The van der Waals surface area contributed by atoms with Crippen molar-refractivity contribution in [2.24, 2.45) is 5.41 Å². The van der Waals surface area contributed by atoms with E-state index in [1.54, 1.807) is 0 Å². The Bertz CT molecular complexity index is 663. The number of fused-ring (bicyclic) bond motifs is 1. The second-order valence-electron chi connectivity index (χ2n) is 7.00. The minimum Gasteiger partial charge on any atom is -0.340 e. The van der Waals surface area contributed by atoms with Crippen molar-refractivity contribution in [1.82, 2.24) is 19.2 Å². The number of hydrogen-bond donors (Lipinski definition) is 0. The summed E-state index contributed by atoms with van der Waals surface area (Å²) in [5, 5.41) is 0. The minimum atomic E-state index is -0.288. The van der Waals surface area contributed by atoms with Crippen LogP contribution in [0.25, 0.3) is 5.65 Å². The average molecular weight is 300 g/mol. The van der Waals surface area contributed by atoms with Gasteiger partial charge in [-0.3, -0.25) is 9.69 Å². The molecule has 0 bridgehead atoms.